The quantitative estimate of drug-likeness (QED) is 0.769. The second-order valence-corrected chi connectivity index (χ2v) is 7.78. The first-order valence-corrected chi connectivity index (χ1v) is 8.98. The van der Waals surface area contributed by atoms with Crippen molar-refractivity contribution in [1.29, 1.82) is 0 Å². The highest BCUT2D eigenvalue weighted by atomic mass is 32.2. The summed E-state index contributed by atoms with van der Waals surface area (Å²) in [6, 6.07) is 0.429. The van der Waals surface area contributed by atoms with Gasteiger partial charge in [0.15, 0.2) is 0 Å². The van der Waals surface area contributed by atoms with Gasteiger partial charge in [-0.1, -0.05) is 40.0 Å². The first kappa shape index (κ1) is 16.2. The van der Waals surface area contributed by atoms with Gasteiger partial charge in [-0.25, -0.2) is 0 Å². The van der Waals surface area contributed by atoms with Gasteiger partial charge in [-0.3, -0.25) is 4.21 Å². The molecule has 1 aliphatic carbocycles. The van der Waals surface area contributed by atoms with Crippen LogP contribution in [-0.2, 0) is 10.8 Å². The molecule has 1 aliphatic rings. The van der Waals surface area contributed by atoms with Crippen LogP contribution in [0, 0.1) is 5.92 Å². The molecule has 2 nitrogen and oxygen atoms in total. The van der Waals surface area contributed by atoms with E-state index in [1.165, 1.54) is 32.1 Å². The van der Waals surface area contributed by atoms with Crippen LogP contribution in [0.25, 0.3) is 0 Å². The van der Waals surface area contributed by atoms with E-state index in [1.54, 1.807) is 0 Å². The molecule has 5 atom stereocenters. The first-order chi connectivity index (χ1) is 8.63. The van der Waals surface area contributed by atoms with Gasteiger partial charge in [0, 0.05) is 22.1 Å². The minimum absolute atomic E-state index is 0.338. The zero-order valence-electron chi connectivity index (χ0n) is 12.6. The third-order valence-corrected chi connectivity index (χ3v) is 6.68. The first-order valence-electron chi connectivity index (χ1n) is 7.70. The number of rotatable bonds is 7. The van der Waals surface area contributed by atoms with Gasteiger partial charge in [0.2, 0.25) is 0 Å². The maximum absolute atomic E-state index is 12.8. The van der Waals surface area contributed by atoms with Crippen LogP contribution < -0.4 is 5.32 Å². The Bertz CT molecular complexity index is 257. The Labute approximate surface area is 116 Å². The molecule has 0 aromatic rings. The Hall–Kier alpha value is 0.110. The van der Waals surface area contributed by atoms with Gasteiger partial charge in [-0.15, -0.1) is 0 Å². The average Bonchev–Trinajstić information content (AvgIpc) is 2.38. The maximum Gasteiger partial charge on any atom is 0.0501 e. The molecule has 0 aromatic carbocycles. The second kappa shape index (κ2) is 8.31. The van der Waals surface area contributed by atoms with Crippen molar-refractivity contribution in [3.8, 4) is 0 Å². The van der Waals surface area contributed by atoms with E-state index in [-0.39, 0.29) is 0 Å². The Balaban J connectivity index is 2.65. The van der Waals surface area contributed by atoms with Crippen molar-refractivity contribution in [3.05, 3.63) is 0 Å². The summed E-state index contributed by atoms with van der Waals surface area (Å²) in [5.74, 6) is 0.768. The van der Waals surface area contributed by atoms with E-state index in [2.05, 4.69) is 26.1 Å². The van der Waals surface area contributed by atoms with E-state index in [0.29, 0.717) is 16.5 Å². The van der Waals surface area contributed by atoms with Gasteiger partial charge in [0.05, 0.1) is 5.25 Å². The van der Waals surface area contributed by atoms with E-state index in [0.717, 1.165) is 18.8 Å². The molecule has 0 radical (unpaired) electrons. The molecule has 108 valence electrons. The third-order valence-electron chi connectivity index (χ3n) is 4.34. The lowest BCUT2D eigenvalue weighted by Gasteiger charge is -2.32. The lowest BCUT2D eigenvalue weighted by Crippen LogP contribution is -2.43. The Morgan fingerprint density at radius 1 is 1.33 bits per heavy atom. The third kappa shape index (κ3) is 4.34. The van der Waals surface area contributed by atoms with Crippen LogP contribution in [0.2, 0.25) is 0 Å². The topological polar surface area (TPSA) is 29.1 Å². The van der Waals surface area contributed by atoms with Gasteiger partial charge >= 0.3 is 0 Å². The smallest absolute Gasteiger partial charge is 0.0501 e. The summed E-state index contributed by atoms with van der Waals surface area (Å²) in [7, 11) is 1.36. The normalized spacial score (nSPS) is 29.8. The highest BCUT2D eigenvalue weighted by Gasteiger charge is 2.31. The van der Waals surface area contributed by atoms with Gasteiger partial charge in [-0.2, -0.15) is 0 Å². The molecule has 0 aromatic heterocycles. The fourth-order valence-corrected chi connectivity index (χ4v) is 5.61. The molecule has 0 amide bonds. The SMILES string of the molecule is CCCC(NC)C(CC)S(=O)C1CCCC(C)C1. The van der Waals surface area contributed by atoms with Crippen molar-refractivity contribution in [1.82, 2.24) is 5.32 Å². The molecular weight excluding hydrogens is 242 g/mol. The predicted octanol–water partition coefficient (Wildman–Crippen LogP) is 3.48. The minimum Gasteiger partial charge on any atom is -0.316 e. The number of hydrogen-bond acceptors (Lipinski definition) is 2. The van der Waals surface area contributed by atoms with Gasteiger partial charge in [-0.05, 0) is 38.6 Å². The molecule has 5 unspecified atom stereocenters. The van der Waals surface area contributed by atoms with E-state index >= 15 is 0 Å². The van der Waals surface area contributed by atoms with E-state index in [1.807, 2.05) is 7.05 Å². The largest absolute Gasteiger partial charge is 0.316 e. The molecule has 0 saturated heterocycles. The van der Waals surface area contributed by atoms with Crippen molar-refractivity contribution in [2.45, 2.75) is 82.3 Å². The van der Waals surface area contributed by atoms with Crippen LogP contribution in [0.1, 0.15) is 65.7 Å². The van der Waals surface area contributed by atoms with Crippen LogP contribution in [0.4, 0.5) is 0 Å². The van der Waals surface area contributed by atoms with Gasteiger partial charge < -0.3 is 5.32 Å². The van der Waals surface area contributed by atoms with Gasteiger partial charge in [0.25, 0.3) is 0 Å². The fourth-order valence-electron chi connectivity index (χ4n) is 3.27. The lowest BCUT2D eigenvalue weighted by molar-refractivity contribution is 0.384. The van der Waals surface area contributed by atoms with Crippen molar-refractivity contribution < 1.29 is 4.21 Å². The zero-order chi connectivity index (χ0) is 13.5. The summed E-state index contributed by atoms with van der Waals surface area (Å²) >= 11 is 0. The average molecular weight is 273 g/mol. The monoisotopic (exact) mass is 273 g/mol. The van der Waals surface area contributed by atoms with Crippen molar-refractivity contribution in [3.63, 3.8) is 0 Å². The Morgan fingerprint density at radius 2 is 2.06 bits per heavy atom. The molecule has 3 heteroatoms. The number of hydrogen-bond donors (Lipinski definition) is 1. The second-order valence-electron chi connectivity index (χ2n) is 5.85. The van der Waals surface area contributed by atoms with Crippen LogP contribution in [0.15, 0.2) is 0 Å². The van der Waals surface area contributed by atoms with Crippen LogP contribution in [0.3, 0.4) is 0 Å². The van der Waals surface area contributed by atoms with Crippen LogP contribution in [0.5, 0.6) is 0 Å². The summed E-state index contributed by atoms with van der Waals surface area (Å²) in [6.45, 7) is 6.71. The Kier molecular flexibility index (Phi) is 7.47. The molecular formula is C15H31NOS. The van der Waals surface area contributed by atoms with Crippen molar-refractivity contribution in [2.24, 2.45) is 5.92 Å². The highest BCUT2D eigenvalue weighted by molar-refractivity contribution is 7.86. The molecule has 1 fully saturated rings. The van der Waals surface area contributed by atoms with Gasteiger partial charge in [0.1, 0.15) is 0 Å². The summed E-state index contributed by atoms with van der Waals surface area (Å²) in [5.41, 5.74) is 0. The molecule has 18 heavy (non-hydrogen) atoms. The zero-order valence-corrected chi connectivity index (χ0v) is 13.4. The highest BCUT2D eigenvalue weighted by Crippen LogP contribution is 2.30. The minimum atomic E-state index is -0.659. The molecule has 0 bridgehead atoms. The molecule has 1 N–H and O–H groups in total. The molecule has 1 saturated carbocycles. The van der Waals surface area contributed by atoms with E-state index in [4.69, 9.17) is 0 Å². The molecule has 0 spiro atoms. The standard InChI is InChI=1S/C15H31NOS/c1-5-8-14(16-4)15(6-2)18(17)13-10-7-9-12(3)11-13/h12-16H,5-11H2,1-4H3. The van der Waals surface area contributed by atoms with Crippen LogP contribution >= 0.6 is 0 Å². The lowest BCUT2D eigenvalue weighted by atomic mass is 9.90. The van der Waals surface area contributed by atoms with E-state index in [9.17, 15) is 4.21 Å². The summed E-state index contributed by atoms with van der Waals surface area (Å²) in [5, 5.41) is 4.18. The molecule has 0 heterocycles. The van der Waals surface area contributed by atoms with Crippen LogP contribution in [-0.4, -0.2) is 27.8 Å². The molecule has 1 rings (SSSR count). The fraction of sp³-hybridized carbons (Fsp3) is 1.00. The van der Waals surface area contributed by atoms with E-state index < -0.39 is 10.8 Å². The summed E-state index contributed by atoms with van der Waals surface area (Å²) in [4.78, 5) is 0. The van der Waals surface area contributed by atoms with Crippen molar-refractivity contribution in [2.75, 3.05) is 7.05 Å². The number of nitrogens with one attached hydrogen (secondary N) is 1. The summed E-state index contributed by atoms with van der Waals surface area (Å²) in [6.07, 6.45) is 8.29. The Morgan fingerprint density at radius 3 is 2.56 bits per heavy atom. The predicted molar refractivity (Wildman–Crippen MR) is 81.4 cm³/mol. The summed E-state index contributed by atoms with van der Waals surface area (Å²) < 4.78 is 12.8. The molecule has 0 aliphatic heterocycles. The maximum atomic E-state index is 12.8. The van der Waals surface area contributed by atoms with Crippen molar-refractivity contribution >= 4 is 10.8 Å².